The van der Waals surface area contributed by atoms with Crippen LogP contribution in [0.4, 0.5) is 0 Å². The van der Waals surface area contributed by atoms with Crippen LogP contribution in [0.5, 0.6) is 5.75 Å². The van der Waals surface area contributed by atoms with Crippen molar-refractivity contribution in [1.82, 2.24) is 5.16 Å². The summed E-state index contributed by atoms with van der Waals surface area (Å²) in [6.07, 6.45) is 4.21. The van der Waals surface area contributed by atoms with Gasteiger partial charge in [-0.1, -0.05) is 58.7 Å². The molecule has 0 saturated heterocycles. The van der Waals surface area contributed by atoms with Crippen molar-refractivity contribution < 1.29 is 22.8 Å². The van der Waals surface area contributed by atoms with E-state index in [0.717, 1.165) is 40.9 Å². The van der Waals surface area contributed by atoms with Crippen molar-refractivity contribution in [3.05, 3.63) is 98.7 Å². The van der Waals surface area contributed by atoms with Crippen LogP contribution in [-0.2, 0) is 22.0 Å². The maximum absolute atomic E-state index is 12.0. The maximum atomic E-state index is 12.0. The smallest absolute Gasteiger partial charge is 0.175 e. The lowest BCUT2D eigenvalue weighted by atomic mass is 9.65. The molecule has 6 rings (SSSR count). The molecule has 0 radical (unpaired) electrons. The van der Waals surface area contributed by atoms with E-state index in [2.05, 4.69) is 5.16 Å². The zero-order valence-corrected chi connectivity index (χ0v) is 24.5. The fourth-order valence-electron chi connectivity index (χ4n) is 5.58. The fourth-order valence-corrected chi connectivity index (χ4v) is 6.92. The minimum Gasteiger partial charge on any atom is -0.489 e. The van der Waals surface area contributed by atoms with E-state index >= 15 is 0 Å². The van der Waals surface area contributed by atoms with E-state index in [9.17, 15) is 13.5 Å². The molecule has 2 aliphatic carbocycles. The van der Waals surface area contributed by atoms with Crippen LogP contribution in [0.25, 0.3) is 11.3 Å². The van der Waals surface area contributed by atoms with Gasteiger partial charge in [0.2, 0.25) is 0 Å². The summed E-state index contributed by atoms with van der Waals surface area (Å²) < 4.78 is 35.9. The highest BCUT2D eigenvalue weighted by Crippen LogP contribution is 2.53. The van der Waals surface area contributed by atoms with E-state index in [1.807, 2.05) is 37.3 Å². The highest BCUT2D eigenvalue weighted by molar-refractivity contribution is 7.90. The molecule has 0 amide bonds. The first-order chi connectivity index (χ1) is 19.0. The SMILES string of the molecule is Cc1cccc(Cl)c1-c1noc(C2CC2)c1COc1ccc(C2(O)CC(c3cccc(S(C)(=O)=O)c3)C2)c(Cl)c1. The van der Waals surface area contributed by atoms with E-state index in [4.69, 9.17) is 32.5 Å². The Bertz CT molecular complexity index is 1680. The van der Waals surface area contributed by atoms with Crippen molar-refractivity contribution in [2.45, 2.75) is 61.5 Å². The Labute approximate surface area is 243 Å². The number of benzene rings is 3. The second kappa shape index (κ2) is 10.2. The van der Waals surface area contributed by atoms with Gasteiger partial charge in [-0.15, -0.1) is 0 Å². The lowest BCUT2D eigenvalue weighted by Crippen LogP contribution is -2.40. The summed E-state index contributed by atoms with van der Waals surface area (Å²) >= 11 is 13.2. The summed E-state index contributed by atoms with van der Waals surface area (Å²) in [6.45, 7) is 2.24. The number of halogens is 2. The summed E-state index contributed by atoms with van der Waals surface area (Å²) in [7, 11) is -3.30. The number of aromatic nitrogens is 1. The average molecular weight is 599 g/mol. The van der Waals surface area contributed by atoms with Crippen LogP contribution >= 0.6 is 23.2 Å². The molecule has 208 valence electrons. The molecular formula is C31H29Cl2NO5S. The molecule has 0 unspecified atom stereocenters. The summed E-state index contributed by atoms with van der Waals surface area (Å²) in [6, 6.07) is 18.0. The molecule has 0 spiro atoms. The standard InChI is InChI=1S/C31H29Cl2NO5S/c1-18-5-3-8-26(32)28(18)29-24(30(39-34-29)19-9-10-19)17-38-22-11-12-25(27(33)14-22)31(35)15-21(16-31)20-6-4-7-23(13-20)40(2,36)37/h3-8,11-14,19,21,35H,9-10,15-17H2,1-2H3. The molecule has 3 aromatic carbocycles. The molecule has 1 heterocycles. The molecule has 2 saturated carbocycles. The highest BCUT2D eigenvalue weighted by Gasteiger charge is 2.46. The number of aliphatic hydroxyl groups is 1. The molecule has 6 nitrogen and oxygen atoms in total. The molecule has 4 aromatic rings. The van der Waals surface area contributed by atoms with Gasteiger partial charge in [0, 0.05) is 23.3 Å². The molecule has 9 heteroatoms. The van der Waals surface area contributed by atoms with Crippen LogP contribution in [-0.4, -0.2) is 24.9 Å². The van der Waals surface area contributed by atoms with Crippen LogP contribution in [0.1, 0.15) is 65.5 Å². The van der Waals surface area contributed by atoms with Gasteiger partial charge in [0.25, 0.3) is 0 Å². The average Bonchev–Trinajstić information content (AvgIpc) is 3.65. The molecule has 0 atom stereocenters. The Morgan fingerprint density at radius 3 is 2.45 bits per heavy atom. The van der Waals surface area contributed by atoms with Gasteiger partial charge in [0.15, 0.2) is 9.84 Å². The summed E-state index contributed by atoms with van der Waals surface area (Å²) in [5, 5.41) is 16.7. The molecule has 2 fully saturated rings. The number of hydrogen-bond acceptors (Lipinski definition) is 6. The van der Waals surface area contributed by atoms with Crippen LogP contribution in [0, 0.1) is 6.92 Å². The van der Waals surface area contributed by atoms with Crippen LogP contribution in [0.15, 0.2) is 70.1 Å². The van der Waals surface area contributed by atoms with Crippen molar-refractivity contribution in [2.24, 2.45) is 0 Å². The first-order valence-corrected chi connectivity index (χ1v) is 15.9. The highest BCUT2D eigenvalue weighted by atomic mass is 35.5. The van der Waals surface area contributed by atoms with Gasteiger partial charge < -0.3 is 14.4 Å². The second-order valence-corrected chi connectivity index (χ2v) is 13.8. The number of hydrogen-bond donors (Lipinski definition) is 1. The number of sulfone groups is 1. The van der Waals surface area contributed by atoms with E-state index < -0.39 is 15.4 Å². The van der Waals surface area contributed by atoms with Crippen LogP contribution < -0.4 is 4.74 Å². The summed E-state index contributed by atoms with van der Waals surface area (Å²) in [4.78, 5) is 0.283. The predicted octanol–water partition coefficient (Wildman–Crippen LogP) is 7.58. The van der Waals surface area contributed by atoms with E-state index in [1.54, 1.807) is 30.3 Å². The monoisotopic (exact) mass is 597 g/mol. The lowest BCUT2D eigenvalue weighted by Gasteiger charge is -2.44. The number of rotatable bonds is 8. The van der Waals surface area contributed by atoms with Crippen LogP contribution in [0.2, 0.25) is 10.0 Å². The first-order valence-electron chi connectivity index (χ1n) is 13.2. The predicted molar refractivity (Wildman–Crippen MR) is 155 cm³/mol. The molecule has 0 bridgehead atoms. The van der Waals surface area contributed by atoms with Crippen molar-refractivity contribution in [3.8, 4) is 17.0 Å². The third-order valence-electron chi connectivity index (χ3n) is 7.98. The Kier molecular flexibility index (Phi) is 6.98. The quantitative estimate of drug-likeness (QED) is 0.225. The van der Waals surface area contributed by atoms with Crippen molar-refractivity contribution in [2.75, 3.05) is 6.26 Å². The maximum Gasteiger partial charge on any atom is 0.175 e. The third-order valence-corrected chi connectivity index (χ3v) is 9.71. The minimum atomic E-state index is -3.30. The minimum absolute atomic E-state index is 0.0415. The number of aryl methyl sites for hydroxylation is 1. The number of nitrogens with zero attached hydrogens (tertiary/aromatic N) is 1. The Morgan fingerprint density at radius 2 is 1.77 bits per heavy atom. The second-order valence-electron chi connectivity index (χ2n) is 11.0. The van der Waals surface area contributed by atoms with Gasteiger partial charge in [-0.25, -0.2) is 8.42 Å². The van der Waals surface area contributed by atoms with Gasteiger partial charge in [-0.05, 0) is 80.0 Å². The molecule has 1 aromatic heterocycles. The van der Waals surface area contributed by atoms with Crippen molar-refractivity contribution >= 4 is 33.0 Å². The van der Waals surface area contributed by atoms with Crippen molar-refractivity contribution in [3.63, 3.8) is 0 Å². The largest absolute Gasteiger partial charge is 0.489 e. The Morgan fingerprint density at radius 1 is 1.02 bits per heavy atom. The third kappa shape index (κ3) is 5.16. The van der Waals surface area contributed by atoms with Gasteiger partial charge in [0.05, 0.1) is 26.1 Å². The zero-order chi connectivity index (χ0) is 28.2. The Hall–Kier alpha value is -2.84. The first kappa shape index (κ1) is 27.3. The van der Waals surface area contributed by atoms with Gasteiger partial charge in [0.1, 0.15) is 23.8 Å². The van der Waals surface area contributed by atoms with Gasteiger partial charge >= 0.3 is 0 Å². The van der Waals surface area contributed by atoms with Crippen LogP contribution in [0.3, 0.4) is 0 Å². The van der Waals surface area contributed by atoms with Gasteiger partial charge in [-0.3, -0.25) is 0 Å². The Balaban J connectivity index is 1.19. The zero-order valence-electron chi connectivity index (χ0n) is 22.2. The van der Waals surface area contributed by atoms with E-state index in [0.29, 0.717) is 45.8 Å². The molecule has 1 N–H and O–H groups in total. The topological polar surface area (TPSA) is 89.6 Å². The molecular weight excluding hydrogens is 569 g/mol. The van der Waals surface area contributed by atoms with Gasteiger partial charge in [-0.2, -0.15) is 0 Å². The van der Waals surface area contributed by atoms with E-state index in [-0.39, 0.29) is 17.4 Å². The molecule has 2 aliphatic rings. The van der Waals surface area contributed by atoms with E-state index in [1.165, 1.54) is 6.26 Å². The summed E-state index contributed by atoms with van der Waals surface area (Å²) in [5.41, 5.74) is 3.87. The van der Waals surface area contributed by atoms with Crippen molar-refractivity contribution in [1.29, 1.82) is 0 Å². The fraction of sp³-hybridized carbons (Fsp3) is 0.323. The number of ether oxygens (including phenoxy) is 1. The lowest BCUT2D eigenvalue weighted by molar-refractivity contribution is -0.0549. The molecule has 0 aliphatic heterocycles. The molecule has 40 heavy (non-hydrogen) atoms. The summed E-state index contributed by atoms with van der Waals surface area (Å²) in [5.74, 6) is 1.79. The normalized spacial score (nSPS) is 20.8.